The van der Waals surface area contributed by atoms with Gasteiger partial charge in [0.2, 0.25) is 5.88 Å². The van der Waals surface area contributed by atoms with E-state index in [1.54, 1.807) is 19.4 Å². The van der Waals surface area contributed by atoms with Crippen LogP contribution in [0, 0.1) is 6.92 Å². The van der Waals surface area contributed by atoms with Gasteiger partial charge in [-0.25, -0.2) is 0 Å². The monoisotopic (exact) mass is 244 g/mol. The number of rotatable bonds is 4. The van der Waals surface area contributed by atoms with Crippen LogP contribution in [0.5, 0.6) is 5.88 Å². The maximum absolute atomic E-state index is 5.71. The van der Waals surface area contributed by atoms with Crippen molar-refractivity contribution < 1.29 is 4.74 Å². The Morgan fingerprint density at radius 3 is 2.89 bits per heavy atom. The molecule has 2 aromatic rings. The van der Waals surface area contributed by atoms with Crippen LogP contribution in [0.2, 0.25) is 0 Å². The average molecular weight is 244 g/mol. The van der Waals surface area contributed by atoms with Crippen molar-refractivity contribution in [3.05, 3.63) is 41.7 Å². The summed E-state index contributed by atoms with van der Waals surface area (Å²) in [5.41, 5.74) is 8.57. The molecule has 0 radical (unpaired) electrons. The molecule has 2 heterocycles. The third-order valence-corrected chi connectivity index (χ3v) is 2.68. The van der Waals surface area contributed by atoms with Crippen molar-refractivity contribution in [3.63, 3.8) is 0 Å². The molecule has 5 nitrogen and oxygen atoms in total. The second kappa shape index (κ2) is 5.35. The Balaban J connectivity index is 2.09. The van der Waals surface area contributed by atoms with E-state index in [1.807, 2.05) is 25.3 Å². The Labute approximate surface area is 106 Å². The summed E-state index contributed by atoms with van der Waals surface area (Å²) in [4.78, 5) is 8.32. The van der Waals surface area contributed by atoms with Gasteiger partial charge in [-0.2, -0.15) is 4.98 Å². The molecule has 18 heavy (non-hydrogen) atoms. The van der Waals surface area contributed by atoms with E-state index in [1.165, 1.54) is 5.56 Å². The largest absolute Gasteiger partial charge is 0.479 e. The number of aryl methyl sites for hydroxylation is 1. The molecule has 0 aromatic carbocycles. The molecular weight excluding hydrogens is 228 g/mol. The second-order valence-corrected chi connectivity index (χ2v) is 3.95. The van der Waals surface area contributed by atoms with Crippen LogP contribution >= 0.6 is 0 Å². The number of nitrogen functional groups attached to an aromatic ring is 1. The van der Waals surface area contributed by atoms with Gasteiger partial charge < -0.3 is 15.8 Å². The molecule has 0 unspecified atom stereocenters. The fraction of sp³-hybridized carbons (Fsp3) is 0.231. The third-order valence-electron chi connectivity index (χ3n) is 2.68. The molecule has 5 heteroatoms. The minimum Gasteiger partial charge on any atom is -0.479 e. The first-order valence-corrected chi connectivity index (χ1v) is 5.64. The number of nitrogens with one attached hydrogen (secondary N) is 1. The average Bonchev–Trinajstić information content (AvgIpc) is 2.39. The molecule has 94 valence electrons. The Morgan fingerprint density at radius 1 is 1.33 bits per heavy atom. The molecule has 0 aliphatic rings. The molecule has 0 amide bonds. The van der Waals surface area contributed by atoms with Crippen molar-refractivity contribution in [2.24, 2.45) is 0 Å². The highest BCUT2D eigenvalue weighted by Gasteiger charge is 2.03. The van der Waals surface area contributed by atoms with Gasteiger partial charge in [0.15, 0.2) is 0 Å². The highest BCUT2D eigenvalue weighted by molar-refractivity contribution is 5.53. The molecule has 0 atom stereocenters. The lowest BCUT2D eigenvalue weighted by Crippen LogP contribution is -2.04. The number of ether oxygens (including phenoxy) is 1. The highest BCUT2D eigenvalue weighted by atomic mass is 16.5. The van der Waals surface area contributed by atoms with Gasteiger partial charge in [0.25, 0.3) is 0 Å². The van der Waals surface area contributed by atoms with Gasteiger partial charge >= 0.3 is 0 Å². The summed E-state index contributed by atoms with van der Waals surface area (Å²) >= 11 is 0. The molecular formula is C13H16N4O. The quantitative estimate of drug-likeness (QED) is 0.860. The van der Waals surface area contributed by atoms with Crippen molar-refractivity contribution in [2.45, 2.75) is 13.5 Å². The zero-order chi connectivity index (χ0) is 13.0. The summed E-state index contributed by atoms with van der Waals surface area (Å²) in [6, 6.07) is 5.58. The van der Waals surface area contributed by atoms with E-state index in [2.05, 4.69) is 15.3 Å². The Hall–Kier alpha value is -2.30. The fourth-order valence-corrected chi connectivity index (χ4v) is 1.60. The minimum atomic E-state index is 0.437. The first-order chi connectivity index (χ1) is 8.70. The van der Waals surface area contributed by atoms with Crippen molar-refractivity contribution in [1.29, 1.82) is 0 Å². The number of hydrogen-bond acceptors (Lipinski definition) is 5. The number of methoxy groups -OCH3 is 1. The maximum atomic E-state index is 5.71. The van der Waals surface area contributed by atoms with Crippen LogP contribution < -0.4 is 15.8 Å². The van der Waals surface area contributed by atoms with Crippen molar-refractivity contribution in [1.82, 2.24) is 9.97 Å². The van der Waals surface area contributed by atoms with Crippen molar-refractivity contribution in [3.8, 4) is 5.88 Å². The Bertz CT molecular complexity index is 542. The van der Waals surface area contributed by atoms with E-state index in [9.17, 15) is 0 Å². The van der Waals surface area contributed by atoms with E-state index >= 15 is 0 Å². The number of pyridine rings is 2. The van der Waals surface area contributed by atoms with Crippen LogP contribution in [-0.4, -0.2) is 17.1 Å². The SMILES string of the molecule is COc1nc(NCc2ccncc2C)ccc1N. The van der Waals surface area contributed by atoms with Gasteiger partial charge in [-0.3, -0.25) is 4.98 Å². The van der Waals surface area contributed by atoms with Gasteiger partial charge in [-0.05, 0) is 36.2 Å². The normalized spacial score (nSPS) is 10.1. The van der Waals surface area contributed by atoms with E-state index in [-0.39, 0.29) is 0 Å². The summed E-state index contributed by atoms with van der Waals surface area (Å²) in [5, 5.41) is 3.23. The zero-order valence-electron chi connectivity index (χ0n) is 10.5. The molecule has 2 rings (SSSR count). The molecule has 0 saturated heterocycles. The van der Waals surface area contributed by atoms with Crippen LogP contribution in [0.3, 0.4) is 0 Å². The second-order valence-electron chi connectivity index (χ2n) is 3.95. The first kappa shape index (κ1) is 12.2. The lowest BCUT2D eigenvalue weighted by atomic mass is 10.1. The van der Waals surface area contributed by atoms with E-state index in [0.29, 0.717) is 18.1 Å². The lowest BCUT2D eigenvalue weighted by Gasteiger charge is -2.10. The number of anilines is 2. The van der Waals surface area contributed by atoms with Crippen LogP contribution in [-0.2, 0) is 6.54 Å². The van der Waals surface area contributed by atoms with E-state index in [0.717, 1.165) is 11.4 Å². The molecule has 0 bridgehead atoms. The Kier molecular flexibility index (Phi) is 3.62. The molecule has 2 aromatic heterocycles. The first-order valence-electron chi connectivity index (χ1n) is 5.64. The number of hydrogen-bond donors (Lipinski definition) is 2. The predicted molar refractivity (Wildman–Crippen MR) is 71.5 cm³/mol. The lowest BCUT2D eigenvalue weighted by molar-refractivity contribution is 0.401. The van der Waals surface area contributed by atoms with Crippen molar-refractivity contribution >= 4 is 11.5 Å². The van der Waals surface area contributed by atoms with Crippen molar-refractivity contribution in [2.75, 3.05) is 18.2 Å². The molecule has 0 aliphatic heterocycles. The summed E-state index contributed by atoms with van der Waals surface area (Å²) in [6.45, 7) is 2.72. The minimum absolute atomic E-state index is 0.437. The summed E-state index contributed by atoms with van der Waals surface area (Å²) < 4.78 is 5.08. The van der Waals surface area contributed by atoms with Gasteiger partial charge in [-0.15, -0.1) is 0 Å². The molecule has 0 spiro atoms. The summed E-state index contributed by atoms with van der Waals surface area (Å²) in [5.74, 6) is 1.17. The summed E-state index contributed by atoms with van der Waals surface area (Å²) in [6.07, 6.45) is 3.62. The molecule has 0 aliphatic carbocycles. The standard InChI is InChI=1S/C13H16N4O/c1-9-7-15-6-5-10(9)8-16-12-4-3-11(14)13(17-12)18-2/h3-7H,8,14H2,1-2H3,(H,16,17). The van der Waals surface area contributed by atoms with Crippen LogP contribution in [0.15, 0.2) is 30.6 Å². The number of aromatic nitrogens is 2. The fourth-order valence-electron chi connectivity index (χ4n) is 1.60. The number of nitrogens with zero attached hydrogens (tertiary/aromatic N) is 2. The van der Waals surface area contributed by atoms with Gasteiger partial charge in [-0.1, -0.05) is 0 Å². The van der Waals surface area contributed by atoms with Crippen LogP contribution in [0.25, 0.3) is 0 Å². The third kappa shape index (κ3) is 2.68. The maximum Gasteiger partial charge on any atom is 0.238 e. The zero-order valence-corrected chi connectivity index (χ0v) is 10.5. The van der Waals surface area contributed by atoms with Gasteiger partial charge in [0, 0.05) is 18.9 Å². The van der Waals surface area contributed by atoms with E-state index in [4.69, 9.17) is 10.5 Å². The number of nitrogens with two attached hydrogens (primary N) is 1. The smallest absolute Gasteiger partial charge is 0.238 e. The predicted octanol–water partition coefficient (Wildman–Crippen LogP) is 1.99. The summed E-state index contributed by atoms with van der Waals surface area (Å²) in [7, 11) is 1.55. The van der Waals surface area contributed by atoms with E-state index < -0.39 is 0 Å². The molecule has 0 saturated carbocycles. The highest BCUT2D eigenvalue weighted by Crippen LogP contribution is 2.20. The van der Waals surface area contributed by atoms with Crippen LogP contribution in [0.1, 0.15) is 11.1 Å². The molecule has 0 fully saturated rings. The topological polar surface area (TPSA) is 73.1 Å². The van der Waals surface area contributed by atoms with Crippen LogP contribution in [0.4, 0.5) is 11.5 Å². The Morgan fingerprint density at radius 2 is 2.17 bits per heavy atom. The van der Waals surface area contributed by atoms with Gasteiger partial charge in [0.05, 0.1) is 12.8 Å². The molecule has 3 N–H and O–H groups in total. The van der Waals surface area contributed by atoms with Gasteiger partial charge in [0.1, 0.15) is 5.82 Å².